The molecular formula is C13H15BrN2O2S2. The normalized spacial score (nSPS) is 13.6. The molecule has 0 spiro atoms. The molecule has 0 amide bonds. The van der Waals surface area contributed by atoms with Crippen LogP contribution in [-0.2, 0) is 10.0 Å². The molecule has 0 aliphatic heterocycles. The van der Waals surface area contributed by atoms with Crippen molar-refractivity contribution in [3.63, 3.8) is 0 Å². The van der Waals surface area contributed by atoms with Crippen molar-refractivity contribution in [2.24, 2.45) is 0 Å². The summed E-state index contributed by atoms with van der Waals surface area (Å²) < 4.78 is 27.4. The number of nitrogens with zero attached hydrogens (tertiary/aromatic N) is 1. The molecule has 0 saturated carbocycles. The Labute approximate surface area is 131 Å². The summed E-state index contributed by atoms with van der Waals surface area (Å²) in [7, 11) is -1.94. The van der Waals surface area contributed by atoms with E-state index in [-0.39, 0.29) is 6.04 Å². The van der Waals surface area contributed by atoms with Gasteiger partial charge < -0.3 is 5.73 Å². The summed E-state index contributed by atoms with van der Waals surface area (Å²) in [6, 6.07) is 8.70. The number of benzene rings is 1. The predicted octanol–water partition coefficient (Wildman–Crippen LogP) is 3.47. The average molecular weight is 375 g/mol. The first-order valence-electron chi connectivity index (χ1n) is 5.90. The molecule has 2 rings (SSSR count). The van der Waals surface area contributed by atoms with E-state index >= 15 is 0 Å². The first kappa shape index (κ1) is 15.5. The summed E-state index contributed by atoms with van der Waals surface area (Å²) >= 11 is 4.47. The van der Waals surface area contributed by atoms with Crippen LogP contribution in [0, 0.1) is 0 Å². The molecule has 0 fully saturated rings. The third kappa shape index (κ3) is 2.90. The molecule has 1 aromatic carbocycles. The number of thiophene rings is 1. The molecule has 1 aromatic heterocycles. The number of rotatable bonds is 4. The van der Waals surface area contributed by atoms with E-state index in [0.717, 1.165) is 5.56 Å². The van der Waals surface area contributed by atoms with Gasteiger partial charge in [-0.15, -0.1) is 11.3 Å². The van der Waals surface area contributed by atoms with Crippen LogP contribution < -0.4 is 5.73 Å². The van der Waals surface area contributed by atoms with Crippen molar-refractivity contribution in [3.05, 3.63) is 45.7 Å². The number of nitrogen functional groups attached to an aromatic ring is 1. The third-order valence-corrected chi connectivity index (χ3v) is 7.71. The molecule has 0 radical (unpaired) electrons. The first-order valence-corrected chi connectivity index (χ1v) is 9.02. The molecule has 1 unspecified atom stereocenters. The Morgan fingerprint density at radius 1 is 1.35 bits per heavy atom. The second kappa shape index (κ2) is 5.85. The first-order chi connectivity index (χ1) is 9.34. The van der Waals surface area contributed by atoms with Crippen molar-refractivity contribution in [1.82, 2.24) is 4.31 Å². The Morgan fingerprint density at radius 2 is 2.05 bits per heavy atom. The monoisotopic (exact) mass is 374 g/mol. The smallest absolute Gasteiger partial charge is 0.253 e. The highest BCUT2D eigenvalue weighted by molar-refractivity contribution is 9.10. The van der Waals surface area contributed by atoms with Crippen molar-refractivity contribution in [2.45, 2.75) is 17.2 Å². The second-order valence-corrected chi connectivity index (χ2v) is 8.39. The van der Waals surface area contributed by atoms with Gasteiger partial charge in [-0.3, -0.25) is 0 Å². The fourth-order valence-corrected chi connectivity index (χ4v) is 5.66. The lowest BCUT2D eigenvalue weighted by molar-refractivity contribution is 0.399. The molecule has 108 valence electrons. The van der Waals surface area contributed by atoms with Crippen LogP contribution in [0.1, 0.15) is 18.5 Å². The molecule has 0 bridgehead atoms. The minimum Gasteiger partial charge on any atom is -0.399 e. The summed E-state index contributed by atoms with van der Waals surface area (Å²) in [4.78, 5) is 0. The standard InChI is InChI=1S/C13H15BrN2O2S2/c1-9(10-4-3-5-11(15)8-10)16(2)20(17,18)13-12(14)6-7-19-13/h3-9H,15H2,1-2H3. The Morgan fingerprint density at radius 3 is 2.60 bits per heavy atom. The fraction of sp³-hybridized carbons (Fsp3) is 0.231. The Bertz CT molecular complexity index is 713. The van der Waals surface area contributed by atoms with E-state index in [2.05, 4.69) is 15.9 Å². The van der Waals surface area contributed by atoms with Gasteiger partial charge in [0, 0.05) is 23.2 Å². The van der Waals surface area contributed by atoms with Gasteiger partial charge in [0.15, 0.2) is 0 Å². The number of anilines is 1. The maximum atomic E-state index is 12.6. The Balaban J connectivity index is 2.36. The van der Waals surface area contributed by atoms with Gasteiger partial charge in [-0.25, -0.2) is 8.42 Å². The van der Waals surface area contributed by atoms with Gasteiger partial charge in [-0.05, 0) is 52.0 Å². The van der Waals surface area contributed by atoms with Crippen LogP contribution in [0.15, 0.2) is 44.4 Å². The minimum atomic E-state index is -3.52. The highest BCUT2D eigenvalue weighted by atomic mass is 79.9. The van der Waals surface area contributed by atoms with Crippen LogP contribution in [0.2, 0.25) is 0 Å². The lowest BCUT2D eigenvalue weighted by atomic mass is 10.1. The van der Waals surface area contributed by atoms with Crippen molar-refractivity contribution < 1.29 is 8.42 Å². The summed E-state index contributed by atoms with van der Waals surface area (Å²) in [5.41, 5.74) is 7.24. The average Bonchev–Trinajstić information content (AvgIpc) is 2.84. The largest absolute Gasteiger partial charge is 0.399 e. The van der Waals surface area contributed by atoms with E-state index in [9.17, 15) is 8.42 Å². The van der Waals surface area contributed by atoms with Crippen molar-refractivity contribution in [3.8, 4) is 0 Å². The van der Waals surface area contributed by atoms with E-state index in [1.807, 2.05) is 19.1 Å². The molecule has 7 heteroatoms. The van der Waals surface area contributed by atoms with Crippen LogP contribution in [0.25, 0.3) is 0 Å². The zero-order valence-electron chi connectivity index (χ0n) is 11.1. The summed E-state index contributed by atoms with van der Waals surface area (Å²) in [5, 5.41) is 1.75. The zero-order valence-corrected chi connectivity index (χ0v) is 14.3. The molecule has 0 aliphatic carbocycles. The van der Waals surface area contributed by atoms with Crippen LogP contribution >= 0.6 is 27.3 Å². The minimum absolute atomic E-state index is 0.294. The zero-order chi connectivity index (χ0) is 14.9. The molecule has 20 heavy (non-hydrogen) atoms. The number of nitrogens with two attached hydrogens (primary N) is 1. The van der Waals surface area contributed by atoms with E-state index < -0.39 is 10.0 Å². The molecule has 2 N–H and O–H groups in total. The number of hydrogen-bond acceptors (Lipinski definition) is 4. The predicted molar refractivity (Wildman–Crippen MR) is 86.2 cm³/mol. The van der Waals surface area contributed by atoms with E-state index in [0.29, 0.717) is 14.4 Å². The van der Waals surface area contributed by atoms with E-state index in [1.165, 1.54) is 15.6 Å². The third-order valence-electron chi connectivity index (χ3n) is 3.14. The van der Waals surface area contributed by atoms with E-state index in [4.69, 9.17) is 5.73 Å². The van der Waals surface area contributed by atoms with Gasteiger partial charge in [-0.1, -0.05) is 12.1 Å². The Hall–Kier alpha value is -0.890. The van der Waals surface area contributed by atoms with Gasteiger partial charge >= 0.3 is 0 Å². The SMILES string of the molecule is CC(c1cccc(N)c1)N(C)S(=O)(=O)c1sccc1Br. The van der Waals surface area contributed by atoms with Crippen LogP contribution in [0.5, 0.6) is 0 Å². The van der Waals surface area contributed by atoms with Gasteiger partial charge in [0.1, 0.15) is 4.21 Å². The van der Waals surface area contributed by atoms with E-state index in [1.54, 1.807) is 30.6 Å². The quantitative estimate of drug-likeness (QED) is 0.833. The van der Waals surface area contributed by atoms with Gasteiger partial charge in [0.25, 0.3) is 10.0 Å². The fourth-order valence-electron chi connectivity index (χ4n) is 1.83. The highest BCUT2D eigenvalue weighted by Crippen LogP contribution is 2.33. The lowest BCUT2D eigenvalue weighted by Crippen LogP contribution is -2.29. The van der Waals surface area contributed by atoms with Crippen LogP contribution in [0.3, 0.4) is 0 Å². The number of hydrogen-bond donors (Lipinski definition) is 1. The topological polar surface area (TPSA) is 63.4 Å². The van der Waals surface area contributed by atoms with Crippen LogP contribution in [-0.4, -0.2) is 19.8 Å². The molecule has 1 heterocycles. The lowest BCUT2D eigenvalue weighted by Gasteiger charge is -2.24. The maximum Gasteiger partial charge on any atom is 0.253 e. The van der Waals surface area contributed by atoms with Crippen molar-refractivity contribution in [1.29, 1.82) is 0 Å². The van der Waals surface area contributed by atoms with Gasteiger partial charge in [0.05, 0.1) is 0 Å². The summed E-state index contributed by atoms with van der Waals surface area (Å²) in [6.07, 6.45) is 0. The highest BCUT2D eigenvalue weighted by Gasteiger charge is 2.29. The molecule has 2 aromatic rings. The molecule has 1 atom stereocenters. The summed E-state index contributed by atoms with van der Waals surface area (Å²) in [6.45, 7) is 1.84. The molecule has 0 aliphatic rings. The maximum absolute atomic E-state index is 12.6. The Kier molecular flexibility index (Phi) is 4.53. The molecular weight excluding hydrogens is 360 g/mol. The van der Waals surface area contributed by atoms with Crippen molar-refractivity contribution >= 4 is 43.0 Å². The van der Waals surface area contributed by atoms with Gasteiger partial charge in [-0.2, -0.15) is 4.31 Å². The number of halogens is 1. The number of sulfonamides is 1. The van der Waals surface area contributed by atoms with Gasteiger partial charge in [0.2, 0.25) is 0 Å². The molecule has 0 saturated heterocycles. The van der Waals surface area contributed by atoms with Crippen molar-refractivity contribution in [2.75, 3.05) is 12.8 Å². The van der Waals surface area contributed by atoms with Crippen LogP contribution in [0.4, 0.5) is 5.69 Å². The summed E-state index contributed by atoms with van der Waals surface area (Å²) in [5.74, 6) is 0. The second-order valence-electron chi connectivity index (χ2n) is 4.42. The molecule has 4 nitrogen and oxygen atoms in total.